The molecule has 352 valence electrons. The number of rotatable bonds is 29. The summed E-state index contributed by atoms with van der Waals surface area (Å²) >= 11 is 0. The van der Waals surface area contributed by atoms with E-state index < -0.39 is 171 Å². The smallest absolute Gasteiger partial charge is 0.328 e. The predicted molar refractivity (Wildman–Crippen MR) is 205 cm³/mol. The standard InChI is InChI=1S/C34H57N9O19/c1-13(2)7-18(29(56)36-14(3)26(53)42-22(12-47)34(61)62)39-33(60)25(15(4)48)43-32(59)21(11-46)41-30(57)19(8-24(51)52)38-28(55)17(5-6-23(49)50)37-31(58)20(10-45)40-27(54)16(35)9-44/h13-22,25,44-48H,5-12,35H2,1-4H3,(H,36,56)(H,37,58)(H,38,55)(H,39,60)(H,40,54)(H,41,57)(H,42,53)(H,43,59)(H,49,50)(H,51,52)(H,61,62)/t14-,15+,16-,17-,18-,19-,20-,21-,22-,25-/m0/s1. The number of aliphatic carboxylic acids is 3. The lowest BCUT2D eigenvalue weighted by Crippen LogP contribution is -2.62. The molecule has 62 heavy (non-hydrogen) atoms. The first-order valence-corrected chi connectivity index (χ1v) is 18.8. The normalized spacial score (nSPS) is 15.9. The lowest BCUT2D eigenvalue weighted by Gasteiger charge is -2.28. The highest BCUT2D eigenvalue weighted by atomic mass is 16.4. The molecule has 0 aromatic heterocycles. The van der Waals surface area contributed by atoms with Crippen LogP contribution < -0.4 is 48.3 Å². The molecule has 0 saturated carbocycles. The third kappa shape index (κ3) is 20.0. The van der Waals surface area contributed by atoms with Gasteiger partial charge in [0.2, 0.25) is 47.3 Å². The second-order valence-electron chi connectivity index (χ2n) is 14.2. The number of hydrogen-bond donors (Lipinski definition) is 17. The van der Waals surface area contributed by atoms with Crippen molar-refractivity contribution in [2.24, 2.45) is 11.7 Å². The third-order valence-corrected chi connectivity index (χ3v) is 8.41. The van der Waals surface area contributed by atoms with Crippen LogP contribution in [0.2, 0.25) is 0 Å². The number of carboxylic acids is 3. The average molecular weight is 896 g/mol. The van der Waals surface area contributed by atoms with Gasteiger partial charge >= 0.3 is 17.9 Å². The Hall–Kier alpha value is -6.07. The minimum atomic E-state index is -2.10. The van der Waals surface area contributed by atoms with E-state index in [2.05, 4.69) is 16.0 Å². The molecular weight excluding hydrogens is 838 g/mol. The van der Waals surface area contributed by atoms with Crippen molar-refractivity contribution in [2.75, 3.05) is 26.4 Å². The van der Waals surface area contributed by atoms with Gasteiger partial charge in [0.05, 0.1) is 39.0 Å². The SMILES string of the molecule is CC(C)C[C@H](NC(=O)[C@@H](NC(=O)[C@H](CO)NC(=O)[C@H](CC(=O)O)NC(=O)[C@H](CCC(=O)O)NC(=O)[C@H](CO)NC(=O)[C@@H](N)CO)[C@@H](C)O)C(=O)N[C@@H](C)C(=O)N[C@@H](CO)C(=O)O. The molecule has 28 nitrogen and oxygen atoms in total. The summed E-state index contributed by atoms with van der Waals surface area (Å²) in [5.74, 6) is -14.7. The summed E-state index contributed by atoms with van der Waals surface area (Å²) < 4.78 is 0. The Balaban J connectivity index is 6.16. The fourth-order valence-electron chi connectivity index (χ4n) is 4.97. The second-order valence-corrected chi connectivity index (χ2v) is 14.2. The van der Waals surface area contributed by atoms with Gasteiger partial charge in [-0.1, -0.05) is 13.8 Å². The minimum absolute atomic E-state index is 0.0778. The number of aliphatic hydroxyl groups excluding tert-OH is 5. The van der Waals surface area contributed by atoms with Crippen LogP contribution in [0.25, 0.3) is 0 Å². The first kappa shape index (κ1) is 55.9. The fraction of sp³-hybridized carbons (Fsp3) is 0.676. The summed E-state index contributed by atoms with van der Waals surface area (Å²) in [6.45, 7) is 1.41. The Labute approximate surface area is 353 Å². The zero-order valence-corrected chi connectivity index (χ0v) is 34.2. The van der Waals surface area contributed by atoms with Crippen LogP contribution in [0.4, 0.5) is 0 Å². The summed E-state index contributed by atoms with van der Waals surface area (Å²) in [7, 11) is 0. The molecule has 0 unspecified atom stereocenters. The van der Waals surface area contributed by atoms with Crippen LogP contribution in [-0.4, -0.2) is 193 Å². The average Bonchev–Trinajstić information content (AvgIpc) is 3.19. The number of nitrogens with one attached hydrogen (secondary N) is 8. The molecule has 0 heterocycles. The van der Waals surface area contributed by atoms with Gasteiger partial charge in [-0.05, 0) is 32.6 Å². The van der Waals surface area contributed by atoms with Gasteiger partial charge in [0, 0.05) is 6.42 Å². The molecule has 0 aromatic carbocycles. The van der Waals surface area contributed by atoms with Gasteiger partial charge in [-0.2, -0.15) is 0 Å². The molecule has 0 aliphatic carbocycles. The van der Waals surface area contributed by atoms with E-state index in [-0.39, 0.29) is 12.3 Å². The van der Waals surface area contributed by atoms with E-state index in [1.807, 2.05) is 26.6 Å². The number of aliphatic hydroxyl groups is 5. The van der Waals surface area contributed by atoms with Crippen molar-refractivity contribution in [1.82, 2.24) is 42.5 Å². The van der Waals surface area contributed by atoms with Crippen molar-refractivity contribution in [1.29, 1.82) is 0 Å². The summed E-state index contributed by atoms with van der Waals surface area (Å²) in [5.41, 5.74) is 5.37. The quantitative estimate of drug-likeness (QED) is 0.0331. The zero-order valence-electron chi connectivity index (χ0n) is 34.2. The molecule has 0 fully saturated rings. The summed E-state index contributed by atoms with van der Waals surface area (Å²) in [6.07, 6.45) is -4.48. The molecule has 8 amide bonds. The van der Waals surface area contributed by atoms with Crippen LogP contribution in [0.1, 0.15) is 53.4 Å². The minimum Gasteiger partial charge on any atom is -0.481 e. The number of nitrogens with two attached hydrogens (primary N) is 1. The predicted octanol–water partition coefficient (Wildman–Crippen LogP) is -8.97. The Bertz CT molecular complexity index is 1610. The molecule has 10 atom stereocenters. The molecule has 0 radical (unpaired) electrons. The highest BCUT2D eigenvalue weighted by molar-refractivity contribution is 5.99. The molecular formula is C34H57N9O19. The Morgan fingerprint density at radius 3 is 1.34 bits per heavy atom. The van der Waals surface area contributed by atoms with E-state index in [0.717, 1.165) is 6.92 Å². The Morgan fingerprint density at radius 1 is 0.468 bits per heavy atom. The van der Waals surface area contributed by atoms with Crippen LogP contribution in [0.5, 0.6) is 0 Å². The van der Waals surface area contributed by atoms with Crippen LogP contribution in [0, 0.1) is 5.92 Å². The first-order valence-electron chi connectivity index (χ1n) is 18.8. The lowest BCUT2D eigenvalue weighted by atomic mass is 10.0. The van der Waals surface area contributed by atoms with Crippen LogP contribution in [0.15, 0.2) is 0 Å². The van der Waals surface area contributed by atoms with Crippen molar-refractivity contribution >= 4 is 65.2 Å². The first-order chi connectivity index (χ1) is 28.8. The molecule has 0 aromatic rings. The zero-order chi connectivity index (χ0) is 48.0. The largest absolute Gasteiger partial charge is 0.481 e. The van der Waals surface area contributed by atoms with Crippen molar-refractivity contribution in [3.63, 3.8) is 0 Å². The third-order valence-electron chi connectivity index (χ3n) is 8.41. The number of hydrogen-bond acceptors (Lipinski definition) is 17. The van der Waals surface area contributed by atoms with Gasteiger partial charge in [0.15, 0.2) is 0 Å². The molecule has 28 heteroatoms. The maximum Gasteiger partial charge on any atom is 0.328 e. The van der Waals surface area contributed by atoms with Crippen LogP contribution in [0.3, 0.4) is 0 Å². The van der Waals surface area contributed by atoms with Gasteiger partial charge in [-0.15, -0.1) is 0 Å². The molecule has 0 saturated heterocycles. The summed E-state index contributed by atoms with van der Waals surface area (Å²) in [6, 6.07) is -15.7. The number of amides is 8. The maximum absolute atomic E-state index is 13.4. The van der Waals surface area contributed by atoms with Gasteiger partial charge in [-0.25, -0.2) is 4.79 Å². The molecule has 0 bridgehead atoms. The maximum atomic E-state index is 13.4. The van der Waals surface area contributed by atoms with E-state index in [1.165, 1.54) is 6.92 Å². The van der Waals surface area contributed by atoms with Crippen molar-refractivity contribution in [3.8, 4) is 0 Å². The Kier molecular flexibility index (Phi) is 25.0. The van der Waals surface area contributed by atoms with E-state index in [1.54, 1.807) is 13.8 Å². The second kappa shape index (κ2) is 27.7. The molecule has 0 rings (SSSR count). The molecule has 0 spiro atoms. The van der Waals surface area contributed by atoms with E-state index in [4.69, 9.17) is 26.2 Å². The van der Waals surface area contributed by atoms with Crippen molar-refractivity contribution < 1.29 is 93.6 Å². The van der Waals surface area contributed by atoms with Gasteiger partial charge in [-0.3, -0.25) is 47.9 Å². The molecule has 0 aliphatic heterocycles. The van der Waals surface area contributed by atoms with E-state index in [9.17, 15) is 73.2 Å². The molecule has 18 N–H and O–H groups in total. The fourth-order valence-corrected chi connectivity index (χ4v) is 4.97. The monoisotopic (exact) mass is 895 g/mol. The van der Waals surface area contributed by atoms with Gasteiger partial charge in [0.1, 0.15) is 54.4 Å². The van der Waals surface area contributed by atoms with Crippen molar-refractivity contribution in [3.05, 3.63) is 0 Å². The van der Waals surface area contributed by atoms with Crippen LogP contribution >= 0.6 is 0 Å². The number of carbonyl (C=O) groups is 11. The summed E-state index contributed by atoms with van der Waals surface area (Å²) in [4.78, 5) is 138. The molecule has 0 aliphatic rings. The van der Waals surface area contributed by atoms with Gasteiger partial charge < -0.3 is 89.1 Å². The van der Waals surface area contributed by atoms with Gasteiger partial charge in [0.25, 0.3) is 0 Å². The lowest BCUT2D eigenvalue weighted by molar-refractivity contribution is -0.143. The topological polar surface area (TPSA) is 472 Å². The highest BCUT2D eigenvalue weighted by Crippen LogP contribution is 2.08. The van der Waals surface area contributed by atoms with Crippen LogP contribution in [-0.2, 0) is 52.7 Å². The highest BCUT2D eigenvalue weighted by Gasteiger charge is 2.36. The number of carboxylic acid groups (broad SMARTS) is 3. The number of carbonyl (C=O) groups excluding carboxylic acids is 8. The summed E-state index contributed by atoms with van der Waals surface area (Å²) in [5, 5.41) is 92.5. The van der Waals surface area contributed by atoms with Crippen molar-refractivity contribution in [2.45, 2.75) is 114 Å². The Morgan fingerprint density at radius 2 is 0.887 bits per heavy atom. The van der Waals surface area contributed by atoms with E-state index >= 15 is 0 Å². The van der Waals surface area contributed by atoms with E-state index in [0.29, 0.717) is 0 Å².